The lowest BCUT2D eigenvalue weighted by atomic mass is 10.1. The van der Waals surface area contributed by atoms with Gasteiger partial charge in [0.2, 0.25) is 0 Å². The summed E-state index contributed by atoms with van der Waals surface area (Å²) in [5.74, 6) is -0.326. The fourth-order valence-corrected chi connectivity index (χ4v) is 3.17. The van der Waals surface area contributed by atoms with Gasteiger partial charge in [-0.2, -0.15) is 0 Å². The first kappa shape index (κ1) is 12.4. The number of hydrogen-bond acceptors (Lipinski definition) is 0. The average molecular weight is 296 g/mol. The molecule has 0 N–H and O–H groups in total. The number of hydrogen-bond donors (Lipinski definition) is 0. The Morgan fingerprint density at radius 2 is 1.52 bits per heavy atom. The summed E-state index contributed by atoms with van der Waals surface area (Å²) < 4.78 is 15.9. The fourth-order valence-electron chi connectivity index (χ4n) is 2.87. The molecule has 0 unspecified atom stereocenters. The molecule has 1 nitrogen and oxygen atoms in total. The van der Waals surface area contributed by atoms with Crippen LogP contribution in [-0.2, 0) is 0 Å². The molecular formula is C18H11ClFN. The summed E-state index contributed by atoms with van der Waals surface area (Å²) in [4.78, 5) is 0. The van der Waals surface area contributed by atoms with Crippen molar-refractivity contribution in [3.8, 4) is 5.69 Å². The summed E-state index contributed by atoms with van der Waals surface area (Å²) in [7, 11) is 0. The van der Waals surface area contributed by atoms with E-state index in [1.165, 1.54) is 12.1 Å². The lowest BCUT2D eigenvalue weighted by molar-refractivity contribution is 0.629. The first-order valence-electron chi connectivity index (χ1n) is 6.69. The van der Waals surface area contributed by atoms with Crippen LogP contribution in [0, 0.1) is 5.82 Å². The van der Waals surface area contributed by atoms with E-state index in [1.807, 2.05) is 59.2 Å². The van der Waals surface area contributed by atoms with Gasteiger partial charge in [0.15, 0.2) is 0 Å². The van der Waals surface area contributed by atoms with Crippen LogP contribution in [-0.4, -0.2) is 4.57 Å². The zero-order chi connectivity index (χ0) is 14.4. The van der Waals surface area contributed by atoms with E-state index < -0.39 is 0 Å². The lowest BCUT2D eigenvalue weighted by Crippen LogP contribution is -1.93. The van der Waals surface area contributed by atoms with Crippen molar-refractivity contribution >= 4 is 33.4 Å². The molecule has 0 aliphatic rings. The third kappa shape index (κ3) is 1.83. The maximum Gasteiger partial charge on any atom is 0.126 e. The molecule has 3 heteroatoms. The van der Waals surface area contributed by atoms with Crippen LogP contribution in [0.4, 0.5) is 4.39 Å². The minimum atomic E-state index is -0.326. The van der Waals surface area contributed by atoms with Crippen LogP contribution < -0.4 is 0 Å². The van der Waals surface area contributed by atoms with Crippen LogP contribution in [0.5, 0.6) is 0 Å². The normalized spacial score (nSPS) is 11.3. The summed E-state index contributed by atoms with van der Waals surface area (Å²) in [5.41, 5.74) is 2.80. The van der Waals surface area contributed by atoms with Gasteiger partial charge in [-0.05, 0) is 30.3 Å². The Labute approximate surface area is 126 Å². The Bertz CT molecular complexity index is 957. The molecule has 0 spiro atoms. The summed E-state index contributed by atoms with van der Waals surface area (Å²) in [6, 6.07) is 20.8. The first-order chi connectivity index (χ1) is 10.3. The van der Waals surface area contributed by atoms with Gasteiger partial charge >= 0.3 is 0 Å². The van der Waals surface area contributed by atoms with Crippen molar-refractivity contribution in [3.63, 3.8) is 0 Å². The molecule has 0 saturated carbocycles. The SMILES string of the molecule is Fc1cc(Cl)c2c3ccccc3n(-c3ccccc3)c2c1. The molecule has 0 fully saturated rings. The highest BCUT2D eigenvalue weighted by atomic mass is 35.5. The zero-order valence-electron chi connectivity index (χ0n) is 11.1. The molecule has 0 aliphatic heterocycles. The van der Waals surface area contributed by atoms with E-state index in [-0.39, 0.29) is 5.82 Å². The highest BCUT2D eigenvalue weighted by molar-refractivity contribution is 6.38. The van der Waals surface area contributed by atoms with Crippen LogP contribution >= 0.6 is 11.6 Å². The number of nitrogens with zero attached hydrogens (tertiary/aromatic N) is 1. The van der Waals surface area contributed by atoms with Crippen molar-refractivity contribution in [2.24, 2.45) is 0 Å². The predicted molar refractivity (Wildman–Crippen MR) is 85.7 cm³/mol. The molecule has 4 aromatic rings. The number of aromatic nitrogens is 1. The van der Waals surface area contributed by atoms with Gasteiger partial charge in [0.1, 0.15) is 5.82 Å². The number of halogens is 2. The van der Waals surface area contributed by atoms with Gasteiger partial charge in [-0.25, -0.2) is 4.39 Å². The molecule has 0 aliphatic carbocycles. The molecule has 0 bridgehead atoms. The smallest absolute Gasteiger partial charge is 0.126 e. The van der Waals surface area contributed by atoms with Crippen LogP contribution in [0.15, 0.2) is 66.7 Å². The summed E-state index contributed by atoms with van der Waals surface area (Å²) >= 11 is 6.29. The van der Waals surface area contributed by atoms with Gasteiger partial charge in [-0.15, -0.1) is 0 Å². The molecule has 102 valence electrons. The fraction of sp³-hybridized carbons (Fsp3) is 0. The number of para-hydroxylation sites is 2. The molecule has 0 saturated heterocycles. The maximum atomic E-state index is 13.8. The predicted octanol–water partition coefficient (Wildman–Crippen LogP) is 5.58. The molecule has 4 rings (SSSR count). The third-order valence-electron chi connectivity index (χ3n) is 3.70. The molecule has 21 heavy (non-hydrogen) atoms. The van der Waals surface area contributed by atoms with Crippen molar-refractivity contribution in [3.05, 3.63) is 77.6 Å². The Kier molecular flexibility index (Phi) is 2.72. The lowest BCUT2D eigenvalue weighted by Gasteiger charge is -2.07. The second kappa shape index (κ2) is 4.61. The van der Waals surface area contributed by atoms with E-state index in [0.29, 0.717) is 5.02 Å². The van der Waals surface area contributed by atoms with Crippen molar-refractivity contribution in [1.82, 2.24) is 4.57 Å². The highest BCUT2D eigenvalue weighted by Gasteiger charge is 2.15. The third-order valence-corrected chi connectivity index (χ3v) is 4.00. The number of benzene rings is 3. The van der Waals surface area contributed by atoms with Crippen molar-refractivity contribution in [2.45, 2.75) is 0 Å². The van der Waals surface area contributed by atoms with Crippen LogP contribution in [0.25, 0.3) is 27.5 Å². The summed E-state index contributed by atoms with van der Waals surface area (Å²) in [5, 5.41) is 2.36. The van der Waals surface area contributed by atoms with E-state index in [2.05, 4.69) is 0 Å². The van der Waals surface area contributed by atoms with Gasteiger partial charge in [0.25, 0.3) is 0 Å². The molecule has 1 aromatic heterocycles. The monoisotopic (exact) mass is 295 g/mol. The summed E-state index contributed by atoms with van der Waals surface area (Å²) in [6.45, 7) is 0. The summed E-state index contributed by atoms with van der Waals surface area (Å²) in [6.07, 6.45) is 0. The molecule has 1 heterocycles. The Morgan fingerprint density at radius 3 is 2.33 bits per heavy atom. The topological polar surface area (TPSA) is 4.93 Å². The quantitative estimate of drug-likeness (QED) is 0.432. The van der Waals surface area contributed by atoms with Gasteiger partial charge in [-0.3, -0.25) is 0 Å². The number of fused-ring (bicyclic) bond motifs is 3. The Hall–Kier alpha value is -2.32. The van der Waals surface area contributed by atoms with E-state index >= 15 is 0 Å². The van der Waals surface area contributed by atoms with Crippen molar-refractivity contribution in [2.75, 3.05) is 0 Å². The van der Waals surface area contributed by atoms with E-state index in [1.54, 1.807) is 0 Å². The van der Waals surface area contributed by atoms with Crippen LogP contribution in [0.2, 0.25) is 5.02 Å². The second-order valence-electron chi connectivity index (χ2n) is 4.97. The first-order valence-corrected chi connectivity index (χ1v) is 7.07. The van der Waals surface area contributed by atoms with Crippen molar-refractivity contribution in [1.29, 1.82) is 0 Å². The highest BCUT2D eigenvalue weighted by Crippen LogP contribution is 2.36. The van der Waals surface area contributed by atoms with E-state index in [9.17, 15) is 4.39 Å². The van der Waals surface area contributed by atoms with Gasteiger partial charge in [0, 0.05) is 16.5 Å². The zero-order valence-corrected chi connectivity index (χ0v) is 11.8. The maximum absolute atomic E-state index is 13.8. The second-order valence-corrected chi connectivity index (χ2v) is 5.38. The van der Waals surface area contributed by atoms with Gasteiger partial charge in [-0.1, -0.05) is 48.0 Å². The van der Waals surface area contributed by atoms with Gasteiger partial charge in [0.05, 0.1) is 16.1 Å². The average Bonchev–Trinajstić information content (AvgIpc) is 2.82. The number of rotatable bonds is 1. The molecule has 0 atom stereocenters. The van der Waals surface area contributed by atoms with Crippen LogP contribution in [0.3, 0.4) is 0 Å². The van der Waals surface area contributed by atoms with E-state index in [0.717, 1.165) is 27.5 Å². The van der Waals surface area contributed by atoms with E-state index in [4.69, 9.17) is 11.6 Å². The molecule has 0 radical (unpaired) electrons. The molecule has 3 aromatic carbocycles. The molecule has 0 amide bonds. The minimum absolute atomic E-state index is 0.326. The minimum Gasteiger partial charge on any atom is -0.309 e. The molecular weight excluding hydrogens is 285 g/mol. The largest absolute Gasteiger partial charge is 0.309 e. The Balaban J connectivity index is 2.27. The van der Waals surface area contributed by atoms with Crippen LogP contribution in [0.1, 0.15) is 0 Å². The van der Waals surface area contributed by atoms with Crippen molar-refractivity contribution < 1.29 is 4.39 Å². The standard InChI is InChI=1S/C18H11ClFN/c19-15-10-12(20)11-17-18(15)14-8-4-5-9-16(14)21(17)13-6-2-1-3-7-13/h1-11H. The Morgan fingerprint density at radius 1 is 0.810 bits per heavy atom. The van der Waals surface area contributed by atoms with Gasteiger partial charge < -0.3 is 4.57 Å².